The molecule has 8 nitrogen and oxygen atoms in total. The van der Waals surface area contributed by atoms with Gasteiger partial charge in [-0.1, -0.05) is 0 Å². The van der Waals surface area contributed by atoms with Gasteiger partial charge in [-0.2, -0.15) is 0 Å². The minimum absolute atomic E-state index is 0.166. The summed E-state index contributed by atoms with van der Waals surface area (Å²) in [7, 11) is -2.41. The van der Waals surface area contributed by atoms with Crippen LogP contribution in [0.4, 0.5) is 9.59 Å². The average Bonchev–Trinajstić information content (AvgIpc) is 2.00. The molecule has 0 aliphatic heterocycles. The SMILES string of the molecule is NC(=O)NCO[PH](=O)CNC(N)=O. The van der Waals surface area contributed by atoms with Crippen LogP contribution in [0.1, 0.15) is 0 Å². The van der Waals surface area contributed by atoms with E-state index in [1.807, 2.05) is 0 Å². The normalized spacial score (nSPS) is 11.7. The number of amides is 4. The van der Waals surface area contributed by atoms with E-state index in [0.29, 0.717) is 0 Å². The fourth-order valence-electron chi connectivity index (χ4n) is 0.398. The van der Waals surface area contributed by atoms with E-state index in [1.54, 1.807) is 0 Å². The van der Waals surface area contributed by atoms with Crippen LogP contribution in [-0.4, -0.2) is 25.1 Å². The van der Waals surface area contributed by atoms with Gasteiger partial charge in [-0.05, 0) is 0 Å². The zero-order valence-electron chi connectivity index (χ0n) is 6.70. The summed E-state index contributed by atoms with van der Waals surface area (Å²) in [5.74, 6) is 0. The number of rotatable bonds is 5. The van der Waals surface area contributed by atoms with Crippen molar-refractivity contribution in [1.82, 2.24) is 10.6 Å². The number of hydrogen-bond donors (Lipinski definition) is 4. The Labute approximate surface area is 74.8 Å². The van der Waals surface area contributed by atoms with E-state index in [9.17, 15) is 14.2 Å². The standard InChI is InChI=1S/C4H11N4O4P/c5-3(9)7-1-12-13(11)2-8-4(6)10/h13H,1-2H2,(H3,5,7,9)(H3,6,8,10). The Balaban J connectivity index is 3.41. The summed E-state index contributed by atoms with van der Waals surface area (Å²) in [4.78, 5) is 20.2. The molecule has 0 rings (SSSR count). The molecule has 0 heterocycles. The molecule has 0 spiro atoms. The van der Waals surface area contributed by atoms with Crippen LogP contribution in [-0.2, 0) is 9.09 Å². The molecule has 0 bridgehead atoms. The van der Waals surface area contributed by atoms with Gasteiger partial charge in [0.25, 0.3) is 0 Å². The van der Waals surface area contributed by atoms with E-state index in [0.717, 1.165) is 0 Å². The van der Waals surface area contributed by atoms with Crippen LogP contribution in [0, 0.1) is 0 Å². The number of urea groups is 2. The van der Waals surface area contributed by atoms with Gasteiger partial charge < -0.3 is 26.6 Å². The van der Waals surface area contributed by atoms with Crippen molar-refractivity contribution >= 4 is 20.1 Å². The van der Waals surface area contributed by atoms with Gasteiger partial charge in [0.1, 0.15) is 6.73 Å². The van der Waals surface area contributed by atoms with Crippen molar-refractivity contribution in [2.75, 3.05) is 13.0 Å². The maximum absolute atomic E-state index is 10.8. The Bertz CT molecular complexity index is 220. The molecule has 13 heavy (non-hydrogen) atoms. The highest BCUT2D eigenvalue weighted by atomic mass is 31.1. The fraction of sp³-hybridized carbons (Fsp3) is 0.500. The highest BCUT2D eigenvalue weighted by Gasteiger charge is 2.00. The molecule has 0 saturated carbocycles. The molecule has 0 aliphatic carbocycles. The van der Waals surface area contributed by atoms with Crippen molar-refractivity contribution in [2.45, 2.75) is 0 Å². The molecule has 4 amide bonds. The summed E-state index contributed by atoms with van der Waals surface area (Å²) in [5.41, 5.74) is 9.39. The largest absolute Gasteiger partial charge is 0.352 e. The number of nitrogens with one attached hydrogen (secondary N) is 2. The molecule has 0 aromatic rings. The predicted octanol–water partition coefficient (Wildman–Crippen LogP) is -1.27. The lowest BCUT2D eigenvalue weighted by Gasteiger charge is -2.04. The summed E-state index contributed by atoms with van der Waals surface area (Å²) in [6.07, 6.45) is -0.166. The van der Waals surface area contributed by atoms with E-state index in [2.05, 4.69) is 15.2 Å². The minimum Gasteiger partial charge on any atom is -0.352 e. The number of primary amides is 2. The molecular weight excluding hydrogens is 199 g/mol. The zero-order chi connectivity index (χ0) is 10.3. The lowest BCUT2D eigenvalue weighted by Crippen LogP contribution is -2.31. The summed E-state index contributed by atoms with van der Waals surface area (Å²) in [6, 6.07) is -1.57. The number of nitrogens with two attached hydrogens (primary N) is 2. The Morgan fingerprint density at radius 3 is 2.23 bits per heavy atom. The van der Waals surface area contributed by atoms with Crippen molar-refractivity contribution in [1.29, 1.82) is 0 Å². The number of hydrogen-bond acceptors (Lipinski definition) is 4. The third-order valence-corrected chi connectivity index (χ3v) is 1.82. The van der Waals surface area contributed by atoms with Gasteiger partial charge >= 0.3 is 12.1 Å². The van der Waals surface area contributed by atoms with Gasteiger partial charge in [0.2, 0.25) is 8.03 Å². The van der Waals surface area contributed by atoms with Crippen LogP contribution in [0.5, 0.6) is 0 Å². The van der Waals surface area contributed by atoms with Crippen molar-refractivity contribution in [3.05, 3.63) is 0 Å². The quantitative estimate of drug-likeness (QED) is 0.332. The average molecular weight is 210 g/mol. The van der Waals surface area contributed by atoms with E-state index in [4.69, 9.17) is 11.5 Å². The van der Waals surface area contributed by atoms with Crippen LogP contribution < -0.4 is 22.1 Å². The molecular formula is C4H11N4O4P. The molecule has 0 aromatic carbocycles. The molecule has 0 aromatic heterocycles. The summed E-state index contributed by atoms with van der Waals surface area (Å²) < 4.78 is 15.4. The van der Waals surface area contributed by atoms with Gasteiger partial charge in [0.05, 0.1) is 6.29 Å². The summed E-state index contributed by atoms with van der Waals surface area (Å²) >= 11 is 0. The fourth-order valence-corrected chi connectivity index (χ4v) is 1.05. The highest BCUT2D eigenvalue weighted by Crippen LogP contribution is 2.18. The molecule has 76 valence electrons. The van der Waals surface area contributed by atoms with Crippen molar-refractivity contribution in [2.24, 2.45) is 11.5 Å². The molecule has 0 saturated heterocycles. The summed E-state index contributed by atoms with van der Waals surface area (Å²) in [6.45, 7) is -0.256. The van der Waals surface area contributed by atoms with Crippen LogP contribution in [0.2, 0.25) is 0 Å². The Morgan fingerprint density at radius 2 is 1.77 bits per heavy atom. The minimum atomic E-state index is -2.41. The van der Waals surface area contributed by atoms with Crippen LogP contribution in [0.3, 0.4) is 0 Å². The van der Waals surface area contributed by atoms with E-state index >= 15 is 0 Å². The smallest absolute Gasteiger partial charge is 0.313 e. The molecule has 9 heteroatoms. The maximum atomic E-state index is 10.8. The highest BCUT2D eigenvalue weighted by molar-refractivity contribution is 7.39. The lowest BCUT2D eigenvalue weighted by atomic mass is 11.0. The van der Waals surface area contributed by atoms with Gasteiger partial charge in [0, 0.05) is 0 Å². The third kappa shape index (κ3) is 8.64. The first kappa shape index (κ1) is 11.7. The monoisotopic (exact) mass is 210 g/mol. The van der Waals surface area contributed by atoms with Crippen LogP contribution in [0.25, 0.3) is 0 Å². The second-order valence-electron chi connectivity index (χ2n) is 1.92. The Hall–Kier alpha value is -1.27. The zero-order valence-corrected chi connectivity index (χ0v) is 7.70. The topological polar surface area (TPSA) is 137 Å². The van der Waals surface area contributed by atoms with Crippen molar-refractivity contribution in [3.63, 3.8) is 0 Å². The van der Waals surface area contributed by atoms with E-state index < -0.39 is 20.1 Å². The van der Waals surface area contributed by atoms with Crippen LogP contribution >= 0.6 is 8.03 Å². The first-order chi connectivity index (χ1) is 6.02. The number of carbonyl (C=O) groups is 2. The van der Waals surface area contributed by atoms with Gasteiger partial charge in [0.15, 0.2) is 0 Å². The van der Waals surface area contributed by atoms with Gasteiger partial charge in [-0.3, -0.25) is 4.57 Å². The van der Waals surface area contributed by atoms with Crippen molar-refractivity contribution < 1.29 is 18.7 Å². The molecule has 1 unspecified atom stereocenters. The molecule has 0 aliphatic rings. The second-order valence-corrected chi connectivity index (χ2v) is 3.31. The Kier molecular flexibility index (Phi) is 5.66. The molecule has 1 atom stereocenters. The third-order valence-electron chi connectivity index (χ3n) is 0.887. The molecule has 0 radical (unpaired) electrons. The van der Waals surface area contributed by atoms with Gasteiger partial charge in [-0.25, -0.2) is 9.59 Å². The van der Waals surface area contributed by atoms with E-state index in [1.165, 1.54) is 0 Å². The van der Waals surface area contributed by atoms with E-state index in [-0.39, 0.29) is 13.0 Å². The Morgan fingerprint density at radius 1 is 1.23 bits per heavy atom. The maximum Gasteiger partial charge on any atom is 0.313 e. The first-order valence-corrected chi connectivity index (χ1v) is 4.77. The van der Waals surface area contributed by atoms with Gasteiger partial charge in [-0.15, -0.1) is 0 Å². The van der Waals surface area contributed by atoms with Crippen molar-refractivity contribution in [3.8, 4) is 0 Å². The lowest BCUT2D eigenvalue weighted by molar-refractivity contribution is 0.233. The number of carbonyl (C=O) groups excluding carboxylic acids is 2. The molecule has 0 fully saturated rings. The van der Waals surface area contributed by atoms with Crippen LogP contribution in [0.15, 0.2) is 0 Å². The second kappa shape index (κ2) is 6.27. The molecule has 6 N–H and O–H groups in total. The first-order valence-electron chi connectivity index (χ1n) is 3.24. The predicted molar refractivity (Wildman–Crippen MR) is 45.3 cm³/mol. The summed E-state index contributed by atoms with van der Waals surface area (Å²) in [5, 5.41) is 4.15.